The molecule has 0 radical (unpaired) electrons. The van der Waals surface area contributed by atoms with E-state index >= 15 is 0 Å². The van der Waals surface area contributed by atoms with Gasteiger partial charge in [0.15, 0.2) is 11.4 Å². The summed E-state index contributed by atoms with van der Waals surface area (Å²) in [4.78, 5) is 48.4. The molecule has 1 saturated heterocycles. The van der Waals surface area contributed by atoms with E-state index in [9.17, 15) is 14.4 Å². The van der Waals surface area contributed by atoms with Gasteiger partial charge in [0.1, 0.15) is 35.1 Å². The van der Waals surface area contributed by atoms with Crippen molar-refractivity contribution in [1.29, 1.82) is 0 Å². The van der Waals surface area contributed by atoms with Crippen LogP contribution in [0.5, 0.6) is 11.5 Å². The van der Waals surface area contributed by atoms with Crippen molar-refractivity contribution >= 4 is 34.3 Å². The standard InChI is InChI=1S/C43H57N7O4/c1-5-34(51)27-32-26-31(19-20-37(32)54-36-17-13-11-14-18-36)40-39-41(44)46-30-47-42(39)50(48-40)33-21-24-49(25-22-33)29-38(53)45-23-15-10-8-6-7-9-12-16-35(52)28-43(2,3)4/h5,11,13-14,17-20,26,30,33H,1,6-10,12,15-16,21-25,27-29H2,2-4H3,(H,45,53)(H2,44,46,47). The number of nitrogens with zero attached hydrogens (tertiary/aromatic N) is 5. The molecular formula is C43H57N7O4. The van der Waals surface area contributed by atoms with Crippen LogP contribution in [0.3, 0.4) is 0 Å². The van der Waals surface area contributed by atoms with Gasteiger partial charge in [0, 0.05) is 50.0 Å². The Hall–Kier alpha value is -4.90. The highest BCUT2D eigenvalue weighted by Gasteiger charge is 2.27. The number of nitrogen functional groups attached to an aromatic ring is 1. The molecule has 0 bridgehead atoms. The van der Waals surface area contributed by atoms with Crippen LogP contribution in [0, 0.1) is 5.41 Å². The van der Waals surface area contributed by atoms with E-state index in [-0.39, 0.29) is 29.6 Å². The quantitative estimate of drug-likeness (QED) is 0.0680. The van der Waals surface area contributed by atoms with E-state index in [1.165, 1.54) is 18.8 Å². The molecule has 3 heterocycles. The highest BCUT2D eigenvalue weighted by atomic mass is 16.5. The topological polar surface area (TPSA) is 145 Å². The molecule has 0 aliphatic carbocycles. The van der Waals surface area contributed by atoms with Crippen molar-refractivity contribution in [3.8, 4) is 22.8 Å². The molecule has 0 atom stereocenters. The molecule has 288 valence electrons. The molecule has 11 nitrogen and oxygen atoms in total. The van der Waals surface area contributed by atoms with Gasteiger partial charge in [-0.25, -0.2) is 14.6 Å². The average molecular weight is 736 g/mol. The minimum Gasteiger partial charge on any atom is -0.457 e. The van der Waals surface area contributed by atoms with Crippen molar-refractivity contribution in [2.75, 3.05) is 31.9 Å². The summed E-state index contributed by atoms with van der Waals surface area (Å²) in [5.74, 6) is 1.91. The molecule has 0 saturated carbocycles. The number of carbonyl (C=O) groups is 3. The predicted molar refractivity (Wildman–Crippen MR) is 214 cm³/mol. The number of aromatic nitrogens is 4. The number of nitrogens with two attached hydrogens (primary N) is 1. The Morgan fingerprint density at radius 1 is 0.963 bits per heavy atom. The molecule has 54 heavy (non-hydrogen) atoms. The molecule has 4 aromatic rings. The molecule has 1 amide bonds. The number of ether oxygens (including phenoxy) is 1. The zero-order valence-electron chi connectivity index (χ0n) is 32.3. The third-order valence-electron chi connectivity index (χ3n) is 9.87. The van der Waals surface area contributed by atoms with Crippen LogP contribution >= 0.6 is 0 Å². The van der Waals surface area contributed by atoms with Crippen LogP contribution in [-0.4, -0.2) is 68.3 Å². The molecule has 1 fully saturated rings. The Kier molecular flexibility index (Phi) is 14.5. The third-order valence-corrected chi connectivity index (χ3v) is 9.87. The minimum absolute atomic E-state index is 0.0612. The summed E-state index contributed by atoms with van der Waals surface area (Å²) < 4.78 is 8.11. The number of Topliss-reactive ketones (excluding diaryl/α,β-unsaturated/α-hetero) is 1. The maximum Gasteiger partial charge on any atom is 0.234 e. The van der Waals surface area contributed by atoms with Crippen LogP contribution in [0.4, 0.5) is 5.82 Å². The first-order valence-electron chi connectivity index (χ1n) is 19.5. The fraction of sp³-hybridized carbons (Fsp3) is 0.488. The van der Waals surface area contributed by atoms with E-state index < -0.39 is 0 Å². The number of likely N-dealkylation sites (tertiary alicyclic amines) is 1. The number of unbranched alkanes of at least 4 members (excludes halogenated alkanes) is 6. The fourth-order valence-electron chi connectivity index (χ4n) is 7.11. The lowest BCUT2D eigenvalue weighted by Gasteiger charge is -2.31. The van der Waals surface area contributed by atoms with Crippen molar-refractivity contribution < 1.29 is 19.1 Å². The highest BCUT2D eigenvalue weighted by Crippen LogP contribution is 2.37. The largest absolute Gasteiger partial charge is 0.457 e. The third kappa shape index (κ3) is 11.8. The average Bonchev–Trinajstić information content (AvgIpc) is 3.54. The number of ketones is 2. The van der Waals surface area contributed by atoms with Gasteiger partial charge in [-0.3, -0.25) is 19.3 Å². The van der Waals surface area contributed by atoms with E-state index in [4.69, 9.17) is 15.6 Å². The second-order valence-corrected chi connectivity index (χ2v) is 15.7. The van der Waals surface area contributed by atoms with Crippen LogP contribution in [0.15, 0.2) is 67.5 Å². The number of hydrogen-bond acceptors (Lipinski definition) is 9. The van der Waals surface area contributed by atoms with Crippen molar-refractivity contribution in [3.63, 3.8) is 0 Å². The number of nitrogens with one attached hydrogen (secondary N) is 1. The summed E-state index contributed by atoms with van der Waals surface area (Å²) in [6.45, 7) is 12.6. The van der Waals surface area contributed by atoms with Crippen molar-refractivity contribution in [2.45, 2.75) is 104 Å². The summed E-state index contributed by atoms with van der Waals surface area (Å²) in [5.41, 5.74) is 9.31. The first kappa shape index (κ1) is 40.3. The van der Waals surface area contributed by atoms with Gasteiger partial charge < -0.3 is 15.8 Å². The predicted octanol–water partition coefficient (Wildman–Crippen LogP) is 8.04. The number of allylic oxidation sites excluding steroid dienone is 1. The zero-order chi connectivity index (χ0) is 38.5. The van der Waals surface area contributed by atoms with E-state index in [0.717, 1.165) is 70.0 Å². The minimum atomic E-state index is -0.122. The lowest BCUT2D eigenvalue weighted by atomic mass is 9.88. The molecule has 1 aliphatic rings. The summed E-state index contributed by atoms with van der Waals surface area (Å²) in [5, 5.41) is 8.83. The molecular weight excluding hydrogens is 679 g/mol. The van der Waals surface area contributed by atoms with Crippen molar-refractivity contribution in [1.82, 2.24) is 30.0 Å². The summed E-state index contributed by atoms with van der Waals surface area (Å²) >= 11 is 0. The van der Waals surface area contributed by atoms with Gasteiger partial charge in [0.25, 0.3) is 0 Å². The van der Waals surface area contributed by atoms with E-state index in [1.807, 2.05) is 53.2 Å². The lowest BCUT2D eigenvalue weighted by Crippen LogP contribution is -2.42. The summed E-state index contributed by atoms with van der Waals surface area (Å²) in [6.07, 6.45) is 13.6. The van der Waals surface area contributed by atoms with Gasteiger partial charge >= 0.3 is 0 Å². The van der Waals surface area contributed by atoms with Gasteiger partial charge in [0.2, 0.25) is 5.91 Å². The fourth-order valence-corrected chi connectivity index (χ4v) is 7.11. The molecule has 1 aliphatic heterocycles. The number of piperidine rings is 1. The van der Waals surface area contributed by atoms with Gasteiger partial charge in [-0.1, -0.05) is 77.7 Å². The lowest BCUT2D eigenvalue weighted by molar-refractivity contribution is -0.122. The second kappa shape index (κ2) is 19.4. The molecule has 0 unspecified atom stereocenters. The van der Waals surface area contributed by atoms with Crippen LogP contribution in [-0.2, 0) is 20.8 Å². The van der Waals surface area contributed by atoms with Gasteiger partial charge in [0.05, 0.1) is 18.0 Å². The van der Waals surface area contributed by atoms with E-state index in [2.05, 4.69) is 47.5 Å². The molecule has 0 spiro atoms. The monoisotopic (exact) mass is 735 g/mol. The van der Waals surface area contributed by atoms with Crippen LogP contribution in [0.1, 0.15) is 103 Å². The summed E-state index contributed by atoms with van der Waals surface area (Å²) in [6, 6.07) is 15.2. The SMILES string of the molecule is C=CC(=O)Cc1cc(-c2nn(C3CCN(CC(=O)NCCCCCCCCCC(=O)CC(C)(C)C)CC3)c3ncnc(N)c23)ccc1Oc1ccccc1. The smallest absolute Gasteiger partial charge is 0.234 e. The van der Waals surface area contributed by atoms with Crippen molar-refractivity contribution in [3.05, 3.63) is 73.1 Å². The number of fused-ring (bicyclic) bond motifs is 1. The van der Waals surface area contributed by atoms with Gasteiger partial charge in [-0.05, 0) is 67.5 Å². The maximum absolute atomic E-state index is 12.8. The number of carbonyl (C=O) groups excluding carboxylic acids is 3. The first-order valence-corrected chi connectivity index (χ1v) is 19.5. The Morgan fingerprint density at radius 3 is 2.37 bits per heavy atom. The number of rotatable bonds is 20. The molecule has 5 rings (SSSR count). The Morgan fingerprint density at radius 2 is 1.67 bits per heavy atom. The van der Waals surface area contributed by atoms with Gasteiger partial charge in [-0.2, -0.15) is 5.10 Å². The van der Waals surface area contributed by atoms with Crippen LogP contribution in [0.25, 0.3) is 22.3 Å². The number of amides is 1. The van der Waals surface area contributed by atoms with Crippen molar-refractivity contribution in [2.24, 2.45) is 5.41 Å². The number of para-hydroxylation sites is 1. The van der Waals surface area contributed by atoms with Crippen LogP contribution in [0.2, 0.25) is 0 Å². The van der Waals surface area contributed by atoms with E-state index in [1.54, 1.807) is 0 Å². The second-order valence-electron chi connectivity index (χ2n) is 15.7. The number of benzene rings is 2. The number of hydrogen-bond donors (Lipinski definition) is 2. The maximum atomic E-state index is 12.8. The Labute approximate surface area is 319 Å². The highest BCUT2D eigenvalue weighted by molar-refractivity contribution is 5.99. The van der Waals surface area contributed by atoms with Gasteiger partial charge in [-0.15, -0.1) is 0 Å². The first-order chi connectivity index (χ1) is 26.0. The summed E-state index contributed by atoms with van der Waals surface area (Å²) in [7, 11) is 0. The molecule has 2 aromatic heterocycles. The molecule has 2 aromatic carbocycles. The normalized spacial score (nSPS) is 13.9. The Balaban J connectivity index is 1.11. The number of anilines is 1. The molecule has 3 N–H and O–H groups in total. The molecule has 11 heteroatoms. The zero-order valence-corrected chi connectivity index (χ0v) is 32.3. The van der Waals surface area contributed by atoms with Crippen LogP contribution < -0.4 is 15.8 Å². The Bertz CT molecular complexity index is 1870. The van der Waals surface area contributed by atoms with E-state index in [0.29, 0.717) is 71.3 Å².